The molecule has 0 aliphatic rings. The zero-order valence-corrected chi connectivity index (χ0v) is 8.55. The van der Waals surface area contributed by atoms with E-state index >= 15 is 0 Å². The maximum atomic E-state index is 5.62. The SMILES string of the molecule is COCn1ccnc1-c1ccc(N)cc1. The monoisotopic (exact) mass is 203 g/mol. The van der Waals surface area contributed by atoms with Gasteiger partial charge in [0.05, 0.1) is 0 Å². The number of methoxy groups -OCH3 is 1. The summed E-state index contributed by atoms with van der Waals surface area (Å²) in [5.41, 5.74) is 7.41. The number of anilines is 1. The van der Waals surface area contributed by atoms with Gasteiger partial charge < -0.3 is 15.0 Å². The van der Waals surface area contributed by atoms with Crippen molar-refractivity contribution < 1.29 is 4.74 Å². The number of ether oxygens (including phenoxy) is 1. The van der Waals surface area contributed by atoms with Gasteiger partial charge in [-0.15, -0.1) is 0 Å². The standard InChI is InChI=1S/C11H13N3O/c1-15-8-14-7-6-13-11(14)9-2-4-10(12)5-3-9/h2-7H,8,12H2,1H3. The Hall–Kier alpha value is -1.81. The molecule has 0 fully saturated rings. The van der Waals surface area contributed by atoms with Crippen LogP contribution in [-0.2, 0) is 11.5 Å². The Morgan fingerprint density at radius 2 is 2.07 bits per heavy atom. The summed E-state index contributed by atoms with van der Waals surface area (Å²) in [6.45, 7) is 0.500. The zero-order chi connectivity index (χ0) is 10.7. The largest absolute Gasteiger partial charge is 0.399 e. The van der Waals surface area contributed by atoms with Gasteiger partial charge in [-0.3, -0.25) is 0 Å². The molecule has 0 radical (unpaired) electrons. The Morgan fingerprint density at radius 3 is 2.73 bits per heavy atom. The minimum absolute atomic E-state index is 0.500. The Balaban J connectivity index is 2.36. The maximum Gasteiger partial charge on any atom is 0.141 e. The van der Waals surface area contributed by atoms with Crippen molar-refractivity contribution in [2.75, 3.05) is 12.8 Å². The summed E-state index contributed by atoms with van der Waals surface area (Å²) in [5.74, 6) is 0.886. The summed E-state index contributed by atoms with van der Waals surface area (Å²) in [4.78, 5) is 4.28. The highest BCUT2D eigenvalue weighted by Crippen LogP contribution is 2.18. The molecule has 0 amide bonds. The van der Waals surface area contributed by atoms with E-state index in [0.29, 0.717) is 6.73 Å². The fraction of sp³-hybridized carbons (Fsp3) is 0.182. The third kappa shape index (κ3) is 1.99. The van der Waals surface area contributed by atoms with Gasteiger partial charge in [0.25, 0.3) is 0 Å². The fourth-order valence-electron chi connectivity index (χ4n) is 1.44. The van der Waals surface area contributed by atoms with Gasteiger partial charge in [0, 0.05) is 30.8 Å². The molecule has 2 N–H and O–H groups in total. The first kappa shape index (κ1) is 9.73. The molecular weight excluding hydrogens is 190 g/mol. The Bertz CT molecular complexity index is 433. The molecule has 1 aromatic carbocycles. The van der Waals surface area contributed by atoms with E-state index in [4.69, 9.17) is 10.5 Å². The van der Waals surface area contributed by atoms with E-state index in [0.717, 1.165) is 17.1 Å². The van der Waals surface area contributed by atoms with E-state index in [1.807, 2.05) is 35.0 Å². The minimum atomic E-state index is 0.500. The average molecular weight is 203 g/mol. The first-order chi connectivity index (χ1) is 7.31. The lowest BCUT2D eigenvalue weighted by Crippen LogP contribution is -2.00. The molecule has 0 bridgehead atoms. The molecule has 0 saturated carbocycles. The molecule has 0 aliphatic heterocycles. The van der Waals surface area contributed by atoms with E-state index in [2.05, 4.69) is 4.98 Å². The van der Waals surface area contributed by atoms with Crippen molar-refractivity contribution in [1.29, 1.82) is 0 Å². The van der Waals surface area contributed by atoms with Gasteiger partial charge in [-0.2, -0.15) is 0 Å². The molecule has 78 valence electrons. The highest BCUT2D eigenvalue weighted by atomic mass is 16.5. The highest BCUT2D eigenvalue weighted by molar-refractivity contribution is 5.59. The second-order valence-corrected chi connectivity index (χ2v) is 3.26. The smallest absolute Gasteiger partial charge is 0.141 e. The normalized spacial score (nSPS) is 10.5. The van der Waals surface area contributed by atoms with E-state index < -0.39 is 0 Å². The molecule has 1 aromatic heterocycles. The number of nitrogen functional groups attached to an aromatic ring is 1. The third-order valence-electron chi connectivity index (χ3n) is 2.15. The number of benzene rings is 1. The summed E-state index contributed by atoms with van der Waals surface area (Å²) in [7, 11) is 1.66. The molecule has 4 nitrogen and oxygen atoms in total. The first-order valence-corrected chi connectivity index (χ1v) is 4.67. The lowest BCUT2D eigenvalue weighted by molar-refractivity contribution is 0.132. The summed E-state index contributed by atoms with van der Waals surface area (Å²) < 4.78 is 7.01. The number of rotatable bonds is 3. The lowest BCUT2D eigenvalue weighted by atomic mass is 10.2. The van der Waals surface area contributed by atoms with Gasteiger partial charge in [-0.1, -0.05) is 0 Å². The molecule has 0 unspecified atom stereocenters. The quantitative estimate of drug-likeness (QED) is 0.773. The van der Waals surface area contributed by atoms with Crippen LogP contribution in [0.15, 0.2) is 36.7 Å². The molecule has 15 heavy (non-hydrogen) atoms. The van der Waals surface area contributed by atoms with Crippen LogP contribution in [0.4, 0.5) is 5.69 Å². The number of hydrogen-bond acceptors (Lipinski definition) is 3. The fourth-order valence-corrected chi connectivity index (χ4v) is 1.44. The van der Waals surface area contributed by atoms with Gasteiger partial charge in [0.1, 0.15) is 12.6 Å². The second-order valence-electron chi connectivity index (χ2n) is 3.26. The van der Waals surface area contributed by atoms with Gasteiger partial charge in [-0.05, 0) is 24.3 Å². The number of aromatic nitrogens is 2. The molecule has 0 saturated heterocycles. The van der Waals surface area contributed by atoms with Crippen molar-refractivity contribution in [3.8, 4) is 11.4 Å². The summed E-state index contributed by atoms with van der Waals surface area (Å²) in [6, 6.07) is 7.62. The Labute approximate surface area is 88.3 Å². The van der Waals surface area contributed by atoms with Gasteiger partial charge >= 0.3 is 0 Å². The number of nitrogens with zero attached hydrogens (tertiary/aromatic N) is 2. The van der Waals surface area contributed by atoms with Crippen LogP contribution in [0.2, 0.25) is 0 Å². The van der Waals surface area contributed by atoms with Crippen molar-refractivity contribution in [3.63, 3.8) is 0 Å². The number of hydrogen-bond donors (Lipinski definition) is 1. The molecule has 2 rings (SSSR count). The molecule has 4 heteroatoms. The molecule has 2 aromatic rings. The van der Waals surface area contributed by atoms with Crippen LogP contribution in [0, 0.1) is 0 Å². The van der Waals surface area contributed by atoms with E-state index in [1.165, 1.54) is 0 Å². The molecular formula is C11H13N3O. The van der Waals surface area contributed by atoms with Gasteiger partial charge in [0.15, 0.2) is 0 Å². The van der Waals surface area contributed by atoms with Gasteiger partial charge in [0.2, 0.25) is 0 Å². The summed E-state index contributed by atoms with van der Waals surface area (Å²) in [5, 5.41) is 0. The number of nitrogens with two attached hydrogens (primary N) is 1. The zero-order valence-electron chi connectivity index (χ0n) is 8.55. The highest BCUT2D eigenvalue weighted by Gasteiger charge is 2.04. The second kappa shape index (κ2) is 4.14. The predicted molar refractivity (Wildman–Crippen MR) is 59.1 cm³/mol. The Kier molecular flexibility index (Phi) is 2.69. The Morgan fingerprint density at radius 1 is 1.33 bits per heavy atom. The molecule has 0 aliphatic carbocycles. The minimum Gasteiger partial charge on any atom is -0.399 e. The van der Waals surface area contributed by atoms with E-state index in [-0.39, 0.29) is 0 Å². The topological polar surface area (TPSA) is 53.1 Å². The van der Waals surface area contributed by atoms with Crippen molar-refractivity contribution >= 4 is 5.69 Å². The summed E-state index contributed by atoms with van der Waals surface area (Å²) >= 11 is 0. The average Bonchev–Trinajstić information content (AvgIpc) is 2.68. The van der Waals surface area contributed by atoms with Crippen LogP contribution < -0.4 is 5.73 Å². The van der Waals surface area contributed by atoms with E-state index in [9.17, 15) is 0 Å². The van der Waals surface area contributed by atoms with Crippen molar-refractivity contribution in [1.82, 2.24) is 9.55 Å². The number of imidazole rings is 1. The third-order valence-corrected chi connectivity index (χ3v) is 2.15. The maximum absolute atomic E-state index is 5.62. The van der Waals surface area contributed by atoms with Crippen LogP contribution in [0.3, 0.4) is 0 Å². The predicted octanol–water partition coefficient (Wildman–Crippen LogP) is 1.74. The van der Waals surface area contributed by atoms with Crippen LogP contribution in [0.25, 0.3) is 11.4 Å². The lowest BCUT2D eigenvalue weighted by Gasteiger charge is -2.06. The molecule has 0 spiro atoms. The van der Waals surface area contributed by atoms with Crippen LogP contribution in [0.5, 0.6) is 0 Å². The summed E-state index contributed by atoms with van der Waals surface area (Å²) in [6.07, 6.45) is 3.64. The molecule has 1 heterocycles. The van der Waals surface area contributed by atoms with Crippen molar-refractivity contribution in [2.24, 2.45) is 0 Å². The van der Waals surface area contributed by atoms with Crippen molar-refractivity contribution in [2.45, 2.75) is 6.73 Å². The van der Waals surface area contributed by atoms with Crippen LogP contribution in [0.1, 0.15) is 0 Å². The van der Waals surface area contributed by atoms with Gasteiger partial charge in [-0.25, -0.2) is 4.98 Å². The van der Waals surface area contributed by atoms with Crippen LogP contribution in [-0.4, -0.2) is 16.7 Å². The first-order valence-electron chi connectivity index (χ1n) is 4.67. The molecule has 0 atom stereocenters. The van der Waals surface area contributed by atoms with Crippen LogP contribution >= 0.6 is 0 Å². The van der Waals surface area contributed by atoms with Crippen molar-refractivity contribution in [3.05, 3.63) is 36.7 Å². The van der Waals surface area contributed by atoms with E-state index in [1.54, 1.807) is 13.3 Å².